The lowest BCUT2D eigenvalue weighted by Gasteiger charge is -2.30. The lowest BCUT2D eigenvalue weighted by molar-refractivity contribution is 0.495. The highest BCUT2D eigenvalue weighted by molar-refractivity contribution is 5.88. The van der Waals surface area contributed by atoms with E-state index in [2.05, 4.69) is 57.8 Å². The summed E-state index contributed by atoms with van der Waals surface area (Å²) < 4.78 is 1.89. The summed E-state index contributed by atoms with van der Waals surface area (Å²) in [5.74, 6) is 0.769. The van der Waals surface area contributed by atoms with Crippen molar-refractivity contribution in [2.24, 2.45) is 12.8 Å². The second-order valence-corrected chi connectivity index (χ2v) is 8.13. The molecule has 0 unspecified atom stereocenters. The molecule has 1 aliphatic heterocycles. The number of hydrogen-bond donors (Lipinski definition) is 2. The minimum atomic E-state index is 0.273. The first-order valence-corrected chi connectivity index (χ1v) is 10.7. The van der Waals surface area contributed by atoms with E-state index in [-0.39, 0.29) is 6.04 Å². The molecule has 0 atom stereocenters. The molecule has 0 aliphatic carbocycles. The van der Waals surface area contributed by atoms with Crippen LogP contribution in [0.4, 0.5) is 11.6 Å². The van der Waals surface area contributed by atoms with Crippen molar-refractivity contribution >= 4 is 22.5 Å². The number of hydrogen-bond acceptors (Lipinski definition) is 6. The van der Waals surface area contributed by atoms with Crippen LogP contribution in [0.1, 0.15) is 12.8 Å². The number of nitrogens with zero attached hydrogens (tertiary/aromatic N) is 5. The summed E-state index contributed by atoms with van der Waals surface area (Å²) in [6, 6.07) is 15.0. The van der Waals surface area contributed by atoms with E-state index >= 15 is 0 Å². The van der Waals surface area contributed by atoms with Crippen LogP contribution >= 0.6 is 0 Å². The third-order valence-corrected chi connectivity index (χ3v) is 6.10. The molecule has 1 fully saturated rings. The van der Waals surface area contributed by atoms with Crippen molar-refractivity contribution in [2.45, 2.75) is 18.9 Å². The first kappa shape index (κ1) is 19.5. The fourth-order valence-electron chi connectivity index (χ4n) is 4.18. The monoisotopic (exact) mass is 413 g/mol. The van der Waals surface area contributed by atoms with Gasteiger partial charge in [-0.05, 0) is 42.7 Å². The van der Waals surface area contributed by atoms with E-state index in [4.69, 9.17) is 15.7 Å². The van der Waals surface area contributed by atoms with E-state index in [1.807, 2.05) is 31.2 Å². The van der Waals surface area contributed by atoms with Crippen molar-refractivity contribution in [3.8, 4) is 22.4 Å². The summed E-state index contributed by atoms with van der Waals surface area (Å²) >= 11 is 0. The summed E-state index contributed by atoms with van der Waals surface area (Å²) in [5, 5.41) is 8.66. The van der Waals surface area contributed by atoms with Crippen molar-refractivity contribution < 1.29 is 0 Å². The maximum atomic E-state index is 6.09. The molecule has 5 rings (SSSR count). The zero-order valence-corrected chi connectivity index (χ0v) is 17.9. The van der Waals surface area contributed by atoms with Gasteiger partial charge in [0.15, 0.2) is 0 Å². The zero-order chi connectivity index (χ0) is 21.4. The van der Waals surface area contributed by atoms with Crippen LogP contribution in [0.3, 0.4) is 0 Å². The minimum Gasteiger partial charge on any atom is -0.388 e. The standard InChI is InChI=1S/C24H27N7/c1-26-20-6-3-16(4-7-20)23-21(17-5-8-22-18(13-17)14-28-30(22)2)15-27-24(29-23)31-11-9-19(25)10-12-31/h3-8,13-15,19,26H,9-12,25H2,1-2H3. The third-order valence-electron chi connectivity index (χ3n) is 6.10. The first-order valence-electron chi connectivity index (χ1n) is 10.7. The molecule has 158 valence electrons. The molecule has 2 aromatic carbocycles. The maximum Gasteiger partial charge on any atom is 0.225 e. The van der Waals surface area contributed by atoms with Crippen LogP contribution in [0, 0.1) is 0 Å². The fourth-order valence-corrected chi connectivity index (χ4v) is 4.18. The predicted octanol–water partition coefficient (Wildman–Crippen LogP) is 3.67. The number of nitrogens with one attached hydrogen (secondary N) is 1. The second kappa shape index (κ2) is 8.00. The topological polar surface area (TPSA) is 84.9 Å². The molecule has 1 aliphatic rings. The number of nitrogens with two attached hydrogens (primary N) is 1. The van der Waals surface area contributed by atoms with E-state index in [1.54, 1.807) is 0 Å². The largest absolute Gasteiger partial charge is 0.388 e. The molecule has 0 radical (unpaired) electrons. The average Bonchev–Trinajstić information content (AvgIpc) is 3.19. The van der Waals surface area contributed by atoms with E-state index in [0.29, 0.717) is 0 Å². The molecule has 4 aromatic rings. The number of fused-ring (bicyclic) bond motifs is 1. The Morgan fingerprint density at radius 3 is 2.48 bits per heavy atom. The van der Waals surface area contributed by atoms with E-state index < -0.39 is 0 Å². The van der Waals surface area contributed by atoms with Gasteiger partial charge in [0.1, 0.15) is 0 Å². The number of aromatic nitrogens is 4. The zero-order valence-electron chi connectivity index (χ0n) is 17.9. The van der Waals surface area contributed by atoms with Crippen molar-refractivity contribution in [1.29, 1.82) is 0 Å². The molecule has 0 saturated carbocycles. The molecule has 31 heavy (non-hydrogen) atoms. The summed E-state index contributed by atoms with van der Waals surface area (Å²) in [7, 11) is 3.88. The van der Waals surface area contributed by atoms with Crippen LogP contribution in [-0.4, -0.2) is 45.9 Å². The van der Waals surface area contributed by atoms with E-state index in [0.717, 1.165) is 70.9 Å². The quantitative estimate of drug-likeness (QED) is 0.531. The Labute approximate surface area is 181 Å². The van der Waals surface area contributed by atoms with Gasteiger partial charge in [-0.3, -0.25) is 4.68 Å². The second-order valence-electron chi connectivity index (χ2n) is 8.13. The number of benzene rings is 2. The van der Waals surface area contributed by atoms with Gasteiger partial charge >= 0.3 is 0 Å². The van der Waals surface area contributed by atoms with Crippen LogP contribution in [0.5, 0.6) is 0 Å². The molecular formula is C24H27N7. The lowest BCUT2D eigenvalue weighted by atomic mass is 9.99. The number of piperidine rings is 1. The van der Waals surface area contributed by atoms with Crippen molar-refractivity contribution in [1.82, 2.24) is 19.7 Å². The summed E-state index contributed by atoms with van der Waals surface area (Å²) in [6.45, 7) is 1.78. The van der Waals surface area contributed by atoms with Crippen LogP contribution in [0.15, 0.2) is 54.9 Å². The van der Waals surface area contributed by atoms with Gasteiger partial charge in [-0.2, -0.15) is 5.10 Å². The maximum absolute atomic E-state index is 6.09. The molecule has 0 bridgehead atoms. The first-order chi connectivity index (χ1) is 15.1. The van der Waals surface area contributed by atoms with Gasteiger partial charge in [-0.1, -0.05) is 18.2 Å². The molecular weight excluding hydrogens is 386 g/mol. The van der Waals surface area contributed by atoms with Crippen LogP contribution in [0.2, 0.25) is 0 Å². The van der Waals surface area contributed by atoms with Crippen LogP contribution in [0.25, 0.3) is 33.3 Å². The Morgan fingerprint density at radius 2 is 1.74 bits per heavy atom. The summed E-state index contributed by atoms with van der Waals surface area (Å²) in [4.78, 5) is 12.0. The van der Waals surface area contributed by atoms with Crippen molar-refractivity contribution in [3.05, 3.63) is 54.9 Å². The summed E-state index contributed by atoms with van der Waals surface area (Å²) in [6.07, 6.45) is 5.78. The van der Waals surface area contributed by atoms with Gasteiger partial charge in [0.2, 0.25) is 5.95 Å². The van der Waals surface area contributed by atoms with Gasteiger partial charge < -0.3 is 16.0 Å². The molecule has 2 aromatic heterocycles. The van der Waals surface area contributed by atoms with E-state index in [1.165, 1.54) is 0 Å². The van der Waals surface area contributed by atoms with Crippen LogP contribution in [-0.2, 0) is 7.05 Å². The Kier molecular flexibility index (Phi) is 5.03. The summed E-state index contributed by atoms with van der Waals surface area (Å²) in [5.41, 5.74) is 12.4. The van der Waals surface area contributed by atoms with Gasteiger partial charge in [-0.15, -0.1) is 0 Å². The molecule has 1 saturated heterocycles. The smallest absolute Gasteiger partial charge is 0.225 e. The van der Waals surface area contributed by atoms with Gasteiger partial charge in [0.05, 0.1) is 17.4 Å². The Balaban J connectivity index is 1.61. The normalized spacial score (nSPS) is 14.9. The Bertz CT molecular complexity index is 1200. The van der Waals surface area contributed by atoms with E-state index in [9.17, 15) is 0 Å². The molecule has 3 N–H and O–H groups in total. The molecule has 3 heterocycles. The van der Waals surface area contributed by atoms with Crippen LogP contribution < -0.4 is 16.0 Å². The number of anilines is 2. The highest BCUT2D eigenvalue weighted by atomic mass is 15.3. The minimum absolute atomic E-state index is 0.273. The SMILES string of the molecule is CNc1ccc(-c2nc(N3CCC(N)CC3)ncc2-c2ccc3c(cnn3C)c2)cc1. The average molecular weight is 414 g/mol. The predicted molar refractivity (Wildman–Crippen MR) is 126 cm³/mol. The lowest BCUT2D eigenvalue weighted by Crippen LogP contribution is -2.40. The third kappa shape index (κ3) is 3.72. The highest BCUT2D eigenvalue weighted by Crippen LogP contribution is 2.34. The fraction of sp³-hybridized carbons (Fsp3) is 0.292. The van der Waals surface area contributed by atoms with Gasteiger partial charge in [-0.25, -0.2) is 9.97 Å². The number of rotatable bonds is 4. The highest BCUT2D eigenvalue weighted by Gasteiger charge is 2.20. The molecule has 7 nitrogen and oxygen atoms in total. The van der Waals surface area contributed by atoms with Crippen molar-refractivity contribution in [2.75, 3.05) is 30.4 Å². The molecule has 0 spiro atoms. The number of aryl methyl sites for hydroxylation is 1. The molecule has 0 amide bonds. The Morgan fingerprint density at radius 1 is 1.00 bits per heavy atom. The van der Waals surface area contributed by atoms with Gasteiger partial charge in [0.25, 0.3) is 0 Å². The van der Waals surface area contributed by atoms with Gasteiger partial charge in [0, 0.05) is 61.6 Å². The Hall–Kier alpha value is -3.45. The van der Waals surface area contributed by atoms with Crippen molar-refractivity contribution in [3.63, 3.8) is 0 Å². The molecule has 7 heteroatoms.